The second kappa shape index (κ2) is 14.0. The maximum absolute atomic E-state index is 11.9. The summed E-state index contributed by atoms with van der Waals surface area (Å²) in [4.78, 5) is 11.9. The number of aliphatic carboxylic acids is 1. The van der Waals surface area contributed by atoms with E-state index < -0.39 is 36.5 Å². The number of carbonyl (C=O) groups is 1. The molecule has 196 valence electrons. The van der Waals surface area contributed by atoms with Gasteiger partial charge in [-0.2, -0.15) is 0 Å². The zero-order chi connectivity index (χ0) is 25.9. The summed E-state index contributed by atoms with van der Waals surface area (Å²) in [6.07, 6.45) is -2.69. The number of ether oxygens (including phenoxy) is 5. The molecule has 1 heterocycles. The molecule has 0 spiro atoms. The van der Waals surface area contributed by atoms with Gasteiger partial charge in [-0.25, -0.2) is 0 Å². The summed E-state index contributed by atoms with van der Waals surface area (Å²) in [7, 11) is 1.55. The van der Waals surface area contributed by atoms with E-state index >= 15 is 0 Å². The van der Waals surface area contributed by atoms with Crippen LogP contribution in [0.15, 0.2) is 91.0 Å². The maximum atomic E-state index is 11.9. The number of rotatable bonds is 13. The van der Waals surface area contributed by atoms with Crippen molar-refractivity contribution < 1.29 is 33.6 Å². The molecule has 7 heteroatoms. The second-order valence-electron chi connectivity index (χ2n) is 9.06. The van der Waals surface area contributed by atoms with Gasteiger partial charge in [-0.1, -0.05) is 91.0 Å². The standard InChI is InChI=1S/C30H34O7/c1-33-30-29(36-20-24-15-9-4-10-16-24)28(35-19-23-13-7-3-8-14-23)25(17-27(31)32)26(37-30)21-34-18-22-11-5-2-6-12-22/h2-16,25-26,28-30H,17-21H2,1H3,(H,31,32)/t25-,26-,28+,29-,30+/m1/s1. The van der Waals surface area contributed by atoms with Crippen molar-refractivity contribution in [3.8, 4) is 0 Å². The normalized spacial score (nSPS) is 23.5. The number of carboxylic acid groups (broad SMARTS) is 1. The molecule has 0 radical (unpaired) electrons. The number of carboxylic acids is 1. The Kier molecular flexibility index (Phi) is 10.2. The Bertz CT molecular complexity index is 1060. The minimum absolute atomic E-state index is 0.152. The predicted molar refractivity (Wildman–Crippen MR) is 138 cm³/mol. The number of benzene rings is 3. The second-order valence-corrected chi connectivity index (χ2v) is 9.06. The molecule has 7 nitrogen and oxygen atoms in total. The van der Waals surface area contributed by atoms with Crippen LogP contribution >= 0.6 is 0 Å². The molecule has 1 aliphatic heterocycles. The third-order valence-corrected chi connectivity index (χ3v) is 6.41. The molecule has 0 aromatic heterocycles. The summed E-state index contributed by atoms with van der Waals surface area (Å²) in [5.74, 6) is -1.45. The highest BCUT2D eigenvalue weighted by Crippen LogP contribution is 2.34. The van der Waals surface area contributed by atoms with Gasteiger partial charge in [-0.3, -0.25) is 4.79 Å². The molecule has 37 heavy (non-hydrogen) atoms. The summed E-state index contributed by atoms with van der Waals surface area (Å²) in [5, 5.41) is 9.78. The highest BCUT2D eigenvalue weighted by Gasteiger charge is 2.48. The molecule has 1 fully saturated rings. The summed E-state index contributed by atoms with van der Waals surface area (Å²) < 4.78 is 30.6. The van der Waals surface area contributed by atoms with Crippen LogP contribution in [0.1, 0.15) is 23.1 Å². The van der Waals surface area contributed by atoms with E-state index in [1.165, 1.54) is 0 Å². The molecule has 0 saturated carbocycles. The first kappa shape index (κ1) is 27.0. The van der Waals surface area contributed by atoms with Gasteiger partial charge in [0.2, 0.25) is 0 Å². The Labute approximate surface area is 217 Å². The van der Waals surface area contributed by atoms with Crippen LogP contribution in [-0.4, -0.2) is 49.4 Å². The molecule has 0 amide bonds. The maximum Gasteiger partial charge on any atom is 0.303 e. The lowest BCUT2D eigenvalue weighted by Gasteiger charge is -2.45. The van der Waals surface area contributed by atoms with Gasteiger partial charge >= 0.3 is 5.97 Å². The Hall–Kier alpha value is -3.07. The predicted octanol–water partition coefficient (Wildman–Crippen LogP) is 4.84. The van der Waals surface area contributed by atoms with Crippen molar-refractivity contribution in [2.45, 2.75) is 50.8 Å². The van der Waals surface area contributed by atoms with E-state index in [1.807, 2.05) is 91.0 Å². The average Bonchev–Trinajstić information content (AvgIpc) is 2.93. The average molecular weight is 507 g/mol. The van der Waals surface area contributed by atoms with Crippen molar-refractivity contribution in [2.75, 3.05) is 13.7 Å². The highest BCUT2D eigenvalue weighted by molar-refractivity contribution is 5.67. The summed E-state index contributed by atoms with van der Waals surface area (Å²) in [6.45, 7) is 1.21. The van der Waals surface area contributed by atoms with Crippen molar-refractivity contribution >= 4 is 5.97 Å². The minimum atomic E-state index is -0.937. The zero-order valence-electron chi connectivity index (χ0n) is 21.0. The van der Waals surface area contributed by atoms with Crippen LogP contribution in [0, 0.1) is 5.92 Å². The van der Waals surface area contributed by atoms with Crippen molar-refractivity contribution in [3.63, 3.8) is 0 Å². The first-order valence-corrected chi connectivity index (χ1v) is 12.5. The van der Waals surface area contributed by atoms with Gasteiger partial charge in [-0.05, 0) is 16.7 Å². The van der Waals surface area contributed by atoms with Gasteiger partial charge in [0.1, 0.15) is 6.10 Å². The van der Waals surface area contributed by atoms with Crippen LogP contribution < -0.4 is 0 Å². The summed E-state index contributed by atoms with van der Waals surface area (Å²) in [5.41, 5.74) is 3.00. The third-order valence-electron chi connectivity index (χ3n) is 6.41. The first-order valence-electron chi connectivity index (χ1n) is 12.5. The molecule has 1 aliphatic rings. The molecule has 0 bridgehead atoms. The smallest absolute Gasteiger partial charge is 0.303 e. The topological polar surface area (TPSA) is 83.5 Å². The minimum Gasteiger partial charge on any atom is -0.481 e. The molecule has 1 N–H and O–H groups in total. The monoisotopic (exact) mass is 506 g/mol. The SMILES string of the molecule is CO[C@H]1O[C@H](COCc2ccccc2)[C@@H](CC(=O)O)[C@H](OCc2ccccc2)[C@H]1OCc1ccccc1. The Morgan fingerprint density at radius 1 is 0.757 bits per heavy atom. The number of methoxy groups -OCH3 is 1. The molecule has 0 unspecified atom stereocenters. The van der Waals surface area contributed by atoms with E-state index in [0.717, 1.165) is 16.7 Å². The Morgan fingerprint density at radius 3 is 1.73 bits per heavy atom. The van der Waals surface area contributed by atoms with E-state index in [1.54, 1.807) is 7.11 Å². The van der Waals surface area contributed by atoms with Gasteiger partial charge in [0.25, 0.3) is 0 Å². The number of hydrogen-bond donors (Lipinski definition) is 1. The summed E-state index contributed by atoms with van der Waals surface area (Å²) in [6, 6.07) is 29.4. The molecule has 3 aromatic carbocycles. The van der Waals surface area contributed by atoms with E-state index in [2.05, 4.69) is 0 Å². The van der Waals surface area contributed by atoms with Crippen LogP contribution in [0.2, 0.25) is 0 Å². The van der Waals surface area contributed by atoms with Gasteiger partial charge in [0.05, 0.1) is 45.1 Å². The van der Waals surface area contributed by atoms with Crippen molar-refractivity contribution in [2.24, 2.45) is 5.92 Å². The van der Waals surface area contributed by atoms with Gasteiger partial charge in [0.15, 0.2) is 6.29 Å². The molecule has 3 aromatic rings. The molecule has 1 saturated heterocycles. The lowest BCUT2D eigenvalue weighted by atomic mass is 9.86. The largest absolute Gasteiger partial charge is 0.481 e. The molecule has 4 rings (SSSR count). The Balaban J connectivity index is 1.54. The molecular formula is C30H34O7. The van der Waals surface area contributed by atoms with Gasteiger partial charge in [0, 0.05) is 13.0 Å². The summed E-state index contributed by atoms with van der Waals surface area (Å²) >= 11 is 0. The van der Waals surface area contributed by atoms with Crippen LogP contribution in [0.5, 0.6) is 0 Å². The van der Waals surface area contributed by atoms with E-state index in [4.69, 9.17) is 23.7 Å². The van der Waals surface area contributed by atoms with Gasteiger partial charge < -0.3 is 28.8 Å². The first-order chi connectivity index (χ1) is 18.1. The number of hydrogen-bond acceptors (Lipinski definition) is 6. The Morgan fingerprint density at radius 2 is 1.24 bits per heavy atom. The van der Waals surface area contributed by atoms with E-state index in [9.17, 15) is 9.90 Å². The fraction of sp³-hybridized carbons (Fsp3) is 0.367. The zero-order valence-corrected chi connectivity index (χ0v) is 21.0. The van der Waals surface area contributed by atoms with Crippen LogP contribution in [0.25, 0.3) is 0 Å². The van der Waals surface area contributed by atoms with Gasteiger partial charge in [-0.15, -0.1) is 0 Å². The van der Waals surface area contributed by atoms with Crippen molar-refractivity contribution in [1.82, 2.24) is 0 Å². The van der Waals surface area contributed by atoms with Crippen molar-refractivity contribution in [1.29, 1.82) is 0 Å². The third kappa shape index (κ3) is 7.95. The molecule has 5 atom stereocenters. The lowest BCUT2D eigenvalue weighted by molar-refractivity contribution is -0.305. The lowest BCUT2D eigenvalue weighted by Crippen LogP contribution is -2.58. The molecule has 0 aliphatic carbocycles. The van der Waals surface area contributed by atoms with Crippen LogP contribution in [-0.2, 0) is 48.3 Å². The quantitative estimate of drug-likeness (QED) is 0.355. The highest BCUT2D eigenvalue weighted by atomic mass is 16.7. The van der Waals surface area contributed by atoms with Crippen LogP contribution in [0.4, 0.5) is 0 Å². The fourth-order valence-electron chi connectivity index (χ4n) is 4.55. The van der Waals surface area contributed by atoms with E-state index in [0.29, 0.717) is 19.8 Å². The fourth-order valence-corrected chi connectivity index (χ4v) is 4.55. The molecular weight excluding hydrogens is 472 g/mol. The van der Waals surface area contributed by atoms with Crippen molar-refractivity contribution in [3.05, 3.63) is 108 Å². The van der Waals surface area contributed by atoms with Crippen LogP contribution in [0.3, 0.4) is 0 Å². The van der Waals surface area contributed by atoms with E-state index in [-0.39, 0.29) is 13.0 Å².